The number of nitrogens with one attached hydrogen (secondary N) is 1. The zero-order valence-electron chi connectivity index (χ0n) is 9.80. The highest BCUT2D eigenvalue weighted by Gasteiger charge is 2.08. The minimum absolute atomic E-state index is 0.119. The Balaban J connectivity index is 2.17. The number of aliphatic hydroxyl groups is 1. The standard InChI is InChI=1S/C10H16N2O5/c1-7-3-10(12-17-7)16-6-9(14)11-4-8(13)5-15-2/h3,8,13H,4-6H2,1-2H3,(H,11,14). The zero-order valence-corrected chi connectivity index (χ0v) is 9.80. The van der Waals surface area contributed by atoms with Gasteiger partial charge < -0.3 is 24.4 Å². The smallest absolute Gasteiger partial charge is 0.258 e. The number of carbonyl (C=O) groups excluding carboxylic acids is 1. The largest absolute Gasteiger partial charge is 0.465 e. The van der Waals surface area contributed by atoms with Crippen molar-refractivity contribution in [3.63, 3.8) is 0 Å². The number of aryl methyl sites for hydroxylation is 1. The first-order valence-electron chi connectivity index (χ1n) is 5.11. The summed E-state index contributed by atoms with van der Waals surface area (Å²) in [5.74, 6) is 0.520. The molecule has 0 aliphatic carbocycles. The van der Waals surface area contributed by atoms with E-state index in [4.69, 9.17) is 14.0 Å². The Hall–Kier alpha value is -1.60. The van der Waals surface area contributed by atoms with Crippen molar-refractivity contribution in [1.29, 1.82) is 0 Å². The lowest BCUT2D eigenvalue weighted by Gasteiger charge is -2.10. The quantitative estimate of drug-likeness (QED) is 0.670. The van der Waals surface area contributed by atoms with Crippen molar-refractivity contribution in [3.05, 3.63) is 11.8 Å². The van der Waals surface area contributed by atoms with E-state index in [0.717, 1.165) is 0 Å². The zero-order chi connectivity index (χ0) is 12.7. The van der Waals surface area contributed by atoms with Crippen molar-refractivity contribution in [1.82, 2.24) is 10.5 Å². The van der Waals surface area contributed by atoms with E-state index < -0.39 is 6.10 Å². The third kappa shape index (κ3) is 5.32. The van der Waals surface area contributed by atoms with Crippen LogP contribution in [0.5, 0.6) is 5.88 Å². The predicted molar refractivity (Wildman–Crippen MR) is 57.6 cm³/mol. The second kappa shape index (κ2) is 6.87. The van der Waals surface area contributed by atoms with Gasteiger partial charge in [0, 0.05) is 19.7 Å². The predicted octanol–water partition coefficient (Wildman–Crippen LogP) is -0.515. The van der Waals surface area contributed by atoms with Gasteiger partial charge in [-0.2, -0.15) is 0 Å². The third-order valence-corrected chi connectivity index (χ3v) is 1.85. The minimum Gasteiger partial charge on any atom is -0.465 e. The second-order valence-corrected chi connectivity index (χ2v) is 3.48. The van der Waals surface area contributed by atoms with E-state index in [1.165, 1.54) is 7.11 Å². The lowest BCUT2D eigenvalue weighted by molar-refractivity contribution is -0.123. The van der Waals surface area contributed by atoms with Gasteiger partial charge in [0.2, 0.25) is 0 Å². The summed E-state index contributed by atoms with van der Waals surface area (Å²) in [6.45, 7) is 1.84. The van der Waals surface area contributed by atoms with E-state index >= 15 is 0 Å². The van der Waals surface area contributed by atoms with Crippen molar-refractivity contribution in [3.8, 4) is 5.88 Å². The van der Waals surface area contributed by atoms with E-state index in [9.17, 15) is 9.90 Å². The van der Waals surface area contributed by atoms with Crippen LogP contribution in [0.4, 0.5) is 0 Å². The van der Waals surface area contributed by atoms with Crippen molar-refractivity contribution >= 4 is 5.91 Å². The summed E-state index contributed by atoms with van der Waals surface area (Å²) >= 11 is 0. The molecule has 0 aliphatic rings. The van der Waals surface area contributed by atoms with Gasteiger partial charge in [0.1, 0.15) is 5.76 Å². The Kier molecular flexibility index (Phi) is 5.44. The molecule has 1 aromatic rings. The molecule has 7 nitrogen and oxygen atoms in total. The number of nitrogens with zero attached hydrogens (tertiary/aromatic N) is 1. The van der Waals surface area contributed by atoms with Crippen LogP contribution in [0.2, 0.25) is 0 Å². The maximum absolute atomic E-state index is 11.3. The van der Waals surface area contributed by atoms with Crippen LogP contribution in [0, 0.1) is 6.92 Å². The van der Waals surface area contributed by atoms with Crippen molar-refractivity contribution < 1.29 is 23.9 Å². The summed E-state index contributed by atoms with van der Waals surface area (Å²) in [4.78, 5) is 11.3. The third-order valence-electron chi connectivity index (χ3n) is 1.85. The summed E-state index contributed by atoms with van der Waals surface area (Å²) < 4.78 is 14.5. The van der Waals surface area contributed by atoms with Gasteiger partial charge in [-0.1, -0.05) is 0 Å². The van der Waals surface area contributed by atoms with Crippen LogP contribution in [-0.4, -0.2) is 49.1 Å². The first kappa shape index (κ1) is 13.5. The number of amides is 1. The number of rotatable bonds is 7. The van der Waals surface area contributed by atoms with Crippen LogP contribution in [0.15, 0.2) is 10.6 Å². The van der Waals surface area contributed by atoms with Crippen LogP contribution in [-0.2, 0) is 9.53 Å². The van der Waals surface area contributed by atoms with Crippen molar-refractivity contribution in [2.24, 2.45) is 0 Å². The molecule has 0 saturated heterocycles. The molecule has 1 amide bonds. The fourth-order valence-corrected chi connectivity index (χ4v) is 1.09. The van der Waals surface area contributed by atoms with Gasteiger partial charge in [0.05, 0.1) is 12.7 Å². The normalized spacial score (nSPS) is 12.2. The van der Waals surface area contributed by atoms with Gasteiger partial charge in [-0.3, -0.25) is 4.79 Å². The first-order chi connectivity index (χ1) is 8.11. The number of ether oxygens (including phenoxy) is 2. The van der Waals surface area contributed by atoms with E-state index in [2.05, 4.69) is 10.5 Å². The van der Waals surface area contributed by atoms with Crippen LogP contribution >= 0.6 is 0 Å². The van der Waals surface area contributed by atoms with Crippen LogP contribution in [0.3, 0.4) is 0 Å². The number of aliphatic hydroxyl groups excluding tert-OH is 1. The number of aromatic nitrogens is 1. The average Bonchev–Trinajstić information content (AvgIpc) is 2.70. The Bertz CT molecular complexity index is 352. The van der Waals surface area contributed by atoms with Gasteiger partial charge in [-0.15, -0.1) is 0 Å². The average molecular weight is 244 g/mol. The molecule has 0 aliphatic heterocycles. The lowest BCUT2D eigenvalue weighted by atomic mass is 10.4. The molecule has 0 aromatic carbocycles. The summed E-state index contributed by atoms with van der Waals surface area (Å²) in [7, 11) is 1.47. The Morgan fingerprint density at radius 1 is 1.71 bits per heavy atom. The molecule has 96 valence electrons. The van der Waals surface area contributed by atoms with Gasteiger partial charge in [0.15, 0.2) is 6.61 Å². The Morgan fingerprint density at radius 3 is 3.06 bits per heavy atom. The molecule has 0 saturated carbocycles. The van der Waals surface area contributed by atoms with Gasteiger partial charge >= 0.3 is 0 Å². The van der Waals surface area contributed by atoms with E-state index in [-0.39, 0.29) is 31.5 Å². The van der Waals surface area contributed by atoms with Crippen molar-refractivity contribution in [2.75, 3.05) is 26.9 Å². The molecule has 17 heavy (non-hydrogen) atoms. The molecule has 0 radical (unpaired) electrons. The molecule has 1 heterocycles. The van der Waals surface area contributed by atoms with E-state index in [1.54, 1.807) is 13.0 Å². The van der Waals surface area contributed by atoms with Crippen LogP contribution < -0.4 is 10.1 Å². The highest BCUT2D eigenvalue weighted by molar-refractivity contribution is 5.77. The molecule has 0 spiro atoms. The van der Waals surface area contributed by atoms with Crippen LogP contribution in [0.1, 0.15) is 5.76 Å². The van der Waals surface area contributed by atoms with Gasteiger partial charge in [-0.05, 0) is 12.1 Å². The van der Waals surface area contributed by atoms with Crippen LogP contribution in [0.25, 0.3) is 0 Å². The van der Waals surface area contributed by atoms with Gasteiger partial charge in [-0.25, -0.2) is 0 Å². The molecule has 1 atom stereocenters. The van der Waals surface area contributed by atoms with E-state index in [0.29, 0.717) is 5.76 Å². The molecule has 1 rings (SSSR count). The molecular weight excluding hydrogens is 228 g/mol. The summed E-state index contributed by atoms with van der Waals surface area (Å²) in [5, 5.41) is 15.3. The maximum Gasteiger partial charge on any atom is 0.258 e. The fraction of sp³-hybridized carbons (Fsp3) is 0.600. The highest BCUT2D eigenvalue weighted by Crippen LogP contribution is 2.09. The maximum atomic E-state index is 11.3. The summed E-state index contributed by atoms with van der Waals surface area (Å²) in [6.07, 6.45) is -0.724. The number of hydrogen-bond donors (Lipinski definition) is 2. The molecule has 1 unspecified atom stereocenters. The number of methoxy groups -OCH3 is 1. The number of hydrogen-bond acceptors (Lipinski definition) is 6. The molecule has 0 fully saturated rings. The summed E-state index contributed by atoms with van der Waals surface area (Å²) in [5.41, 5.74) is 0. The van der Waals surface area contributed by atoms with E-state index in [1.807, 2.05) is 0 Å². The number of carbonyl (C=O) groups is 1. The molecule has 1 aromatic heterocycles. The highest BCUT2D eigenvalue weighted by atomic mass is 16.5. The minimum atomic E-state index is -0.724. The molecule has 0 bridgehead atoms. The molecular formula is C10H16N2O5. The molecule has 7 heteroatoms. The summed E-state index contributed by atoms with van der Waals surface area (Å²) in [6, 6.07) is 1.58. The second-order valence-electron chi connectivity index (χ2n) is 3.48. The first-order valence-corrected chi connectivity index (χ1v) is 5.11. The Labute approximate surface area is 98.7 Å². The van der Waals surface area contributed by atoms with Crippen molar-refractivity contribution in [2.45, 2.75) is 13.0 Å². The Morgan fingerprint density at radius 2 is 2.47 bits per heavy atom. The topological polar surface area (TPSA) is 93.8 Å². The SMILES string of the molecule is COCC(O)CNC(=O)COc1cc(C)on1. The van der Waals surface area contributed by atoms with Gasteiger partial charge in [0.25, 0.3) is 11.8 Å². The fourth-order valence-electron chi connectivity index (χ4n) is 1.09. The molecule has 2 N–H and O–H groups in total. The lowest BCUT2D eigenvalue weighted by Crippen LogP contribution is -2.37. The monoisotopic (exact) mass is 244 g/mol.